The molecule has 2 aromatic carbocycles. The van der Waals surface area contributed by atoms with Gasteiger partial charge in [-0.3, -0.25) is 10.2 Å². The van der Waals surface area contributed by atoms with Crippen molar-refractivity contribution >= 4 is 53.3 Å². The molecule has 4 rings (SSSR count). The highest BCUT2D eigenvalue weighted by molar-refractivity contribution is 5.97. The molecular weight excluding hydrogens is 495 g/mol. The van der Waals surface area contributed by atoms with Crippen LogP contribution < -0.4 is 16.0 Å². The number of aryl methyl sites for hydroxylation is 1. The summed E-state index contributed by atoms with van der Waals surface area (Å²) in [4.78, 5) is 22.0. The first kappa shape index (κ1) is 29.3. The lowest BCUT2D eigenvalue weighted by atomic mass is 9.89. The Balaban J connectivity index is 0.00000228. The second-order valence-electron chi connectivity index (χ2n) is 9.55. The third kappa shape index (κ3) is 7.31. The number of carbonyl (C=O) groups excluding carboxylic acids is 1. The maximum atomic E-state index is 12.8. The van der Waals surface area contributed by atoms with Crippen LogP contribution in [-0.4, -0.2) is 40.3 Å². The molecule has 0 saturated heterocycles. The Morgan fingerprint density at radius 2 is 1.72 bits per heavy atom. The number of hydrogen-bond donors (Lipinski definition) is 4. The molecule has 1 aliphatic rings. The molecule has 1 amide bonds. The summed E-state index contributed by atoms with van der Waals surface area (Å²) in [5.41, 5.74) is 2.73. The minimum atomic E-state index is -0.261. The van der Waals surface area contributed by atoms with E-state index in [9.17, 15) is 4.79 Å². The lowest BCUT2D eigenvalue weighted by Crippen LogP contribution is -2.48. The zero-order chi connectivity index (χ0) is 24.1. The van der Waals surface area contributed by atoms with Gasteiger partial charge >= 0.3 is 0 Å². The highest BCUT2D eigenvalue weighted by Crippen LogP contribution is 2.27. The van der Waals surface area contributed by atoms with Crippen LogP contribution in [0.3, 0.4) is 0 Å². The predicted octanol–water partition coefficient (Wildman–Crippen LogP) is 5.51. The van der Waals surface area contributed by atoms with Crippen molar-refractivity contribution in [2.75, 3.05) is 11.9 Å². The number of aromatic nitrogens is 2. The van der Waals surface area contributed by atoms with E-state index in [0.717, 1.165) is 47.7 Å². The summed E-state index contributed by atoms with van der Waals surface area (Å²) in [5.74, 6) is 1.36. The molecule has 1 aliphatic carbocycles. The second kappa shape index (κ2) is 13.4. The van der Waals surface area contributed by atoms with Crippen molar-refractivity contribution in [2.24, 2.45) is 5.92 Å². The van der Waals surface area contributed by atoms with E-state index in [2.05, 4.69) is 45.8 Å². The van der Waals surface area contributed by atoms with Crippen molar-refractivity contribution in [3.63, 3.8) is 0 Å². The number of anilines is 1. The first-order valence-corrected chi connectivity index (χ1v) is 12.1. The molecule has 0 spiro atoms. The van der Waals surface area contributed by atoms with Crippen LogP contribution in [0.15, 0.2) is 48.5 Å². The van der Waals surface area contributed by atoms with Gasteiger partial charge in [-0.15, -0.1) is 24.8 Å². The quantitative estimate of drug-likeness (QED) is 0.238. The molecule has 194 valence electrons. The van der Waals surface area contributed by atoms with Gasteiger partial charge < -0.3 is 16.0 Å². The van der Waals surface area contributed by atoms with Gasteiger partial charge in [-0.2, -0.15) is 0 Å². The zero-order valence-corrected chi connectivity index (χ0v) is 22.6. The number of fused-ring (bicyclic) bond motifs is 1. The van der Waals surface area contributed by atoms with Crippen molar-refractivity contribution in [3.8, 4) is 0 Å². The number of halogens is 2. The summed E-state index contributed by atoms with van der Waals surface area (Å²) in [5, 5.41) is 19.4. The second-order valence-corrected chi connectivity index (χ2v) is 9.55. The van der Waals surface area contributed by atoms with E-state index >= 15 is 0 Å². The highest BCUT2D eigenvalue weighted by Gasteiger charge is 2.27. The molecule has 0 radical (unpaired) electrons. The number of benzene rings is 2. The van der Waals surface area contributed by atoms with Crippen LogP contribution in [0.2, 0.25) is 0 Å². The van der Waals surface area contributed by atoms with Gasteiger partial charge in [0.05, 0.1) is 5.52 Å². The van der Waals surface area contributed by atoms with Gasteiger partial charge in [0.15, 0.2) is 0 Å². The van der Waals surface area contributed by atoms with Gasteiger partial charge in [-0.1, -0.05) is 68.7 Å². The SMILES string of the molecule is Cc1ccc2nc(C(=O)NCC(C)C)nc(N[C@H]3CCCC[C@H]3NC(=N)c3ccccc3)c2c1.Cl.Cl. The number of amides is 1. The zero-order valence-electron chi connectivity index (χ0n) is 21.0. The standard InChI is InChI=1S/C27H34N6O.2ClH/c1-17(2)16-29-27(34)26-31-21-14-13-18(3)15-20(21)25(33-26)32-23-12-8-7-11-22(23)30-24(28)19-9-5-4-6-10-19;;/h4-6,9-10,13-15,17,22-23H,7-8,11-12,16H2,1-3H3,(H2,28,30)(H,29,34)(H,31,32,33);2*1H/t22-,23+;;/m1../s1. The Bertz CT molecular complexity index is 1170. The van der Waals surface area contributed by atoms with Crippen LogP contribution in [0.25, 0.3) is 10.9 Å². The molecule has 1 fully saturated rings. The van der Waals surface area contributed by atoms with Crippen LogP contribution >= 0.6 is 24.8 Å². The third-order valence-electron chi connectivity index (χ3n) is 6.21. The number of carbonyl (C=O) groups is 1. The van der Waals surface area contributed by atoms with Gasteiger partial charge in [0, 0.05) is 29.6 Å². The van der Waals surface area contributed by atoms with Crippen molar-refractivity contribution < 1.29 is 4.79 Å². The number of nitrogens with zero attached hydrogens (tertiary/aromatic N) is 2. The molecule has 36 heavy (non-hydrogen) atoms. The molecule has 9 heteroatoms. The van der Waals surface area contributed by atoms with Gasteiger partial charge in [-0.05, 0) is 37.8 Å². The fourth-order valence-electron chi connectivity index (χ4n) is 4.36. The molecule has 2 atom stereocenters. The smallest absolute Gasteiger partial charge is 0.289 e. The predicted molar refractivity (Wildman–Crippen MR) is 152 cm³/mol. The van der Waals surface area contributed by atoms with E-state index in [1.807, 2.05) is 49.4 Å². The van der Waals surface area contributed by atoms with Gasteiger partial charge in [0.25, 0.3) is 5.91 Å². The minimum Gasteiger partial charge on any atom is -0.365 e. The van der Waals surface area contributed by atoms with Crippen LogP contribution in [0.4, 0.5) is 5.82 Å². The fraction of sp³-hybridized carbons (Fsp3) is 0.407. The molecule has 0 unspecified atom stereocenters. The van der Waals surface area contributed by atoms with Crippen molar-refractivity contribution in [1.82, 2.24) is 20.6 Å². The van der Waals surface area contributed by atoms with Crippen LogP contribution in [0.1, 0.15) is 61.3 Å². The summed E-state index contributed by atoms with van der Waals surface area (Å²) in [6, 6.07) is 15.9. The van der Waals surface area contributed by atoms with Gasteiger partial charge in [-0.25, -0.2) is 9.97 Å². The lowest BCUT2D eigenvalue weighted by molar-refractivity contribution is 0.0939. The fourth-order valence-corrected chi connectivity index (χ4v) is 4.36. The topological polar surface area (TPSA) is 103 Å². The maximum Gasteiger partial charge on any atom is 0.289 e. The normalized spacial score (nSPS) is 17.0. The Morgan fingerprint density at radius 3 is 2.42 bits per heavy atom. The van der Waals surface area contributed by atoms with E-state index in [1.54, 1.807) is 0 Å². The molecule has 7 nitrogen and oxygen atoms in total. The van der Waals surface area contributed by atoms with E-state index in [0.29, 0.717) is 24.1 Å². The molecule has 0 aliphatic heterocycles. The summed E-state index contributed by atoms with van der Waals surface area (Å²) < 4.78 is 0. The summed E-state index contributed by atoms with van der Waals surface area (Å²) in [6.45, 7) is 6.73. The van der Waals surface area contributed by atoms with E-state index in [1.165, 1.54) is 0 Å². The van der Waals surface area contributed by atoms with Gasteiger partial charge in [0.1, 0.15) is 11.7 Å². The molecule has 1 saturated carbocycles. The number of hydrogen-bond acceptors (Lipinski definition) is 5. The minimum absolute atomic E-state index is 0. The molecular formula is C27H36Cl2N6O. The van der Waals surface area contributed by atoms with Crippen LogP contribution in [0, 0.1) is 18.3 Å². The van der Waals surface area contributed by atoms with Crippen LogP contribution in [-0.2, 0) is 0 Å². The number of rotatable bonds is 7. The van der Waals surface area contributed by atoms with Crippen LogP contribution in [0.5, 0.6) is 0 Å². The highest BCUT2D eigenvalue weighted by atomic mass is 35.5. The first-order chi connectivity index (χ1) is 16.4. The Morgan fingerprint density at radius 1 is 1.03 bits per heavy atom. The average Bonchev–Trinajstić information content (AvgIpc) is 2.84. The maximum absolute atomic E-state index is 12.8. The average molecular weight is 532 g/mol. The largest absolute Gasteiger partial charge is 0.365 e. The van der Waals surface area contributed by atoms with Crippen molar-refractivity contribution in [2.45, 2.75) is 58.5 Å². The van der Waals surface area contributed by atoms with E-state index in [4.69, 9.17) is 5.41 Å². The molecule has 4 N–H and O–H groups in total. The first-order valence-electron chi connectivity index (χ1n) is 12.1. The number of nitrogens with one attached hydrogen (secondary N) is 4. The monoisotopic (exact) mass is 530 g/mol. The summed E-state index contributed by atoms with van der Waals surface area (Å²) in [7, 11) is 0. The van der Waals surface area contributed by atoms with Crippen molar-refractivity contribution in [1.29, 1.82) is 5.41 Å². The molecule has 3 aromatic rings. The molecule has 1 aromatic heterocycles. The Labute approximate surface area is 225 Å². The third-order valence-corrected chi connectivity index (χ3v) is 6.21. The molecule has 0 bridgehead atoms. The van der Waals surface area contributed by atoms with E-state index in [-0.39, 0.29) is 48.6 Å². The number of amidine groups is 1. The molecule has 1 heterocycles. The Hall–Kier alpha value is -2.90. The lowest BCUT2D eigenvalue weighted by Gasteiger charge is -2.34. The van der Waals surface area contributed by atoms with Crippen molar-refractivity contribution in [3.05, 3.63) is 65.5 Å². The van der Waals surface area contributed by atoms with Gasteiger partial charge in [0.2, 0.25) is 5.82 Å². The Kier molecular flexibility index (Phi) is 10.9. The summed E-state index contributed by atoms with van der Waals surface area (Å²) >= 11 is 0. The summed E-state index contributed by atoms with van der Waals surface area (Å²) in [6.07, 6.45) is 4.16. The van der Waals surface area contributed by atoms with E-state index < -0.39 is 0 Å².